The lowest BCUT2D eigenvalue weighted by Crippen LogP contribution is -2.42. The molecule has 1 heterocycles. The number of nitrogens with zero attached hydrogens (tertiary/aromatic N) is 1. The quantitative estimate of drug-likeness (QED) is 0.429. The fraction of sp³-hybridized carbons (Fsp3) is 0.462. The lowest BCUT2D eigenvalue weighted by Gasteiger charge is -2.16. The number of hydrogen-bond donors (Lipinski definition) is 3. The van der Waals surface area contributed by atoms with Crippen molar-refractivity contribution in [3.63, 3.8) is 0 Å². The maximum Gasteiger partial charge on any atom is 0.247 e. The van der Waals surface area contributed by atoms with Crippen LogP contribution in [0, 0.1) is 0 Å². The highest BCUT2D eigenvalue weighted by atomic mass is 32.2. The first kappa shape index (κ1) is 16.0. The zero-order valence-corrected chi connectivity index (χ0v) is 13.5. The van der Waals surface area contributed by atoms with Gasteiger partial charge in [0.1, 0.15) is 4.21 Å². The maximum absolute atomic E-state index is 11.2. The van der Waals surface area contributed by atoms with Crippen LogP contribution in [0.1, 0.15) is 24.6 Å². The lowest BCUT2D eigenvalue weighted by atomic mass is 10.2. The van der Waals surface area contributed by atoms with E-state index in [1.807, 2.05) is 6.92 Å². The molecule has 116 valence electrons. The second kappa shape index (κ2) is 7.06. The number of sulfonamides is 1. The van der Waals surface area contributed by atoms with Crippen LogP contribution >= 0.6 is 11.3 Å². The Kier molecular flexibility index (Phi) is 5.38. The third-order valence-electron chi connectivity index (χ3n) is 3.00. The van der Waals surface area contributed by atoms with E-state index in [1.165, 1.54) is 6.07 Å². The van der Waals surface area contributed by atoms with Crippen LogP contribution in [0.5, 0.6) is 0 Å². The number of rotatable bonds is 5. The molecule has 1 aromatic heterocycles. The first-order chi connectivity index (χ1) is 9.99. The Morgan fingerprint density at radius 3 is 2.71 bits per heavy atom. The van der Waals surface area contributed by atoms with Crippen molar-refractivity contribution >= 4 is 27.3 Å². The van der Waals surface area contributed by atoms with Gasteiger partial charge in [-0.05, 0) is 31.9 Å². The monoisotopic (exact) mass is 328 g/mol. The highest BCUT2D eigenvalue weighted by molar-refractivity contribution is 7.91. The number of primary sulfonamides is 1. The standard InChI is InChI=1S/C13H20N4O2S2/c1-2-15-13(17-10-5-3-4-6-10)16-9-11-7-8-12(20-11)21(14,18)19/h3-4,7-8,10H,2,5-6,9H2,1H3,(H2,14,18,19)(H2,15,16,17). The third-order valence-corrected chi connectivity index (χ3v) is 5.51. The minimum Gasteiger partial charge on any atom is -0.357 e. The van der Waals surface area contributed by atoms with Gasteiger partial charge in [-0.2, -0.15) is 0 Å². The van der Waals surface area contributed by atoms with Crippen LogP contribution in [0.15, 0.2) is 33.5 Å². The minimum absolute atomic E-state index is 0.172. The Morgan fingerprint density at radius 2 is 2.14 bits per heavy atom. The predicted molar refractivity (Wildman–Crippen MR) is 85.8 cm³/mol. The summed E-state index contributed by atoms with van der Waals surface area (Å²) in [6.07, 6.45) is 6.30. The van der Waals surface area contributed by atoms with Crippen molar-refractivity contribution in [2.24, 2.45) is 10.1 Å². The minimum atomic E-state index is -3.62. The van der Waals surface area contributed by atoms with Crippen molar-refractivity contribution in [1.29, 1.82) is 0 Å². The van der Waals surface area contributed by atoms with Crippen molar-refractivity contribution < 1.29 is 8.42 Å². The molecule has 0 radical (unpaired) electrons. The molecule has 0 aromatic carbocycles. The summed E-state index contributed by atoms with van der Waals surface area (Å²) in [6, 6.07) is 3.65. The topological polar surface area (TPSA) is 96.6 Å². The molecule has 0 aliphatic heterocycles. The molecule has 0 amide bonds. The average Bonchev–Trinajstić information content (AvgIpc) is 3.06. The molecule has 0 saturated heterocycles. The smallest absolute Gasteiger partial charge is 0.247 e. The molecule has 8 heteroatoms. The van der Waals surface area contributed by atoms with Crippen LogP contribution in [0.4, 0.5) is 0 Å². The van der Waals surface area contributed by atoms with Gasteiger partial charge >= 0.3 is 0 Å². The van der Waals surface area contributed by atoms with Crippen LogP contribution in [0.3, 0.4) is 0 Å². The van der Waals surface area contributed by atoms with E-state index >= 15 is 0 Å². The van der Waals surface area contributed by atoms with Gasteiger partial charge < -0.3 is 10.6 Å². The molecule has 4 N–H and O–H groups in total. The number of nitrogens with two attached hydrogens (primary N) is 1. The SMILES string of the molecule is CCNC(=NCc1ccc(S(N)(=O)=O)s1)NC1CC=CC1. The normalized spacial score (nSPS) is 16.4. The number of guanidine groups is 1. The number of hydrogen-bond acceptors (Lipinski definition) is 4. The molecule has 0 saturated carbocycles. The largest absolute Gasteiger partial charge is 0.357 e. The molecule has 1 aliphatic rings. The van der Waals surface area contributed by atoms with E-state index in [0.717, 1.165) is 41.6 Å². The summed E-state index contributed by atoms with van der Waals surface area (Å²) in [4.78, 5) is 5.35. The van der Waals surface area contributed by atoms with E-state index in [1.54, 1.807) is 6.07 Å². The van der Waals surface area contributed by atoms with Crippen molar-refractivity contribution in [3.8, 4) is 0 Å². The lowest BCUT2D eigenvalue weighted by molar-refractivity contribution is 0.600. The van der Waals surface area contributed by atoms with Crippen molar-refractivity contribution in [3.05, 3.63) is 29.2 Å². The molecular weight excluding hydrogens is 308 g/mol. The number of nitrogens with one attached hydrogen (secondary N) is 2. The van der Waals surface area contributed by atoms with Crippen molar-refractivity contribution in [2.75, 3.05) is 6.54 Å². The van der Waals surface area contributed by atoms with E-state index < -0.39 is 10.0 Å². The van der Waals surface area contributed by atoms with Gasteiger partial charge in [0.15, 0.2) is 5.96 Å². The molecule has 0 spiro atoms. The van der Waals surface area contributed by atoms with E-state index in [9.17, 15) is 8.42 Å². The van der Waals surface area contributed by atoms with Crippen molar-refractivity contribution in [2.45, 2.75) is 36.6 Å². The first-order valence-electron chi connectivity index (χ1n) is 6.80. The Bertz CT molecular complexity index is 626. The average molecular weight is 328 g/mol. The third kappa shape index (κ3) is 4.83. The van der Waals surface area contributed by atoms with Crippen LogP contribution in [-0.2, 0) is 16.6 Å². The Morgan fingerprint density at radius 1 is 1.43 bits per heavy atom. The summed E-state index contributed by atoms with van der Waals surface area (Å²) >= 11 is 1.15. The Labute approximate surface area is 129 Å². The van der Waals surface area contributed by atoms with Crippen molar-refractivity contribution in [1.82, 2.24) is 10.6 Å². The molecule has 21 heavy (non-hydrogen) atoms. The molecule has 0 unspecified atom stereocenters. The highest BCUT2D eigenvalue weighted by Crippen LogP contribution is 2.20. The van der Waals surface area contributed by atoms with Gasteiger partial charge in [0.2, 0.25) is 10.0 Å². The summed E-state index contributed by atoms with van der Waals surface area (Å²) in [6.45, 7) is 3.21. The molecule has 1 aromatic rings. The summed E-state index contributed by atoms with van der Waals surface area (Å²) in [7, 11) is -3.62. The van der Waals surface area contributed by atoms with Gasteiger partial charge in [-0.1, -0.05) is 12.2 Å². The van der Waals surface area contributed by atoms with Gasteiger partial charge in [0.05, 0.1) is 6.54 Å². The zero-order chi connectivity index (χ0) is 15.3. The summed E-state index contributed by atoms with van der Waals surface area (Å²) in [5.74, 6) is 0.747. The van der Waals surface area contributed by atoms with E-state index in [4.69, 9.17) is 5.14 Å². The van der Waals surface area contributed by atoms with Crippen LogP contribution in [-0.4, -0.2) is 27.0 Å². The molecule has 0 atom stereocenters. The predicted octanol–water partition coefficient (Wildman–Crippen LogP) is 1.17. The van der Waals surface area contributed by atoms with Crippen LogP contribution in [0.25, 0.3) is 0 Å². The van der Waals surface area contributed by atoms with Gasteiger partial charge in [-0.15, -0.1) is 11.3 Å². The fourth-order valence-electron chi connectivity index (χ4n) is 2.00. The summed E-state index contributed by atoms with van der Waals surface area (Å²) in [5.41, 5.74) is 0. The van der Waals surface area contributed by atoms with E-state index in [2.05, 4.69) is 27.8 Å². The maximum atomic E-state index is 11.2. The van der Waals surface area contributed by atoms with Gasteiger partial charge in [-0.25, -0.2) is 18.5 Å². The zero-order valence-electron chi connectivity index (χ0n) is 11.9. The van der Waals surface area contributed by atoms with Crippen LogP contribution < -0.4 is 15.8 Å². The second-order valence-electron chi connectivity index (χ2n) is 4.74. The van der Waals surface area contributed by atoms with Gasteiger partial charge in [0.25, 0.3) is 0 Å². The van der Waals surface area contributed by atoms with E-state index in [-0.39, 0.29) is 4.21 Å². The Balaban J connectivity index is 1.99. The first-order valence-corrected chi connectivity index (χ1v) is 9.16. The molecule has 0 bridgehead atoms. The number of thiophene rings is 1. The molecule has 0 fully saturated rings. The van der Waals surface area contributed by atoms with Crippen LogP contribution in [0.2, 0.25) is 0 Å². The van der Waals surface area contributed by atoms with E-state index in [0.29, 0.717) is 12.6 Å². The molecule has 6 nitrogen and oxygen atoms in total. The Hall–Kier alpha value is -1.38. The molecule has 1 aliphatic carbocycles. The molecular formula is C13H20N4O2S2. The number of aliphatic imine (C=N–C) groups is 1. The second-order valence-corrected chi connectivity index (χ2v) is 7.70. The summed E-state index contributed by atoms with van der Waals surface area (Å²) in [5, 5.41) is 11.6. The summed E-state index contributed by atoms with van der Waals surface area (Å²) < 4.78 is 22.6. The molecule has 2 rings (SSSR count). The highest BCUT2D eigenvalue weighted by Gasteiger charge is 2.13. The fourth-order valence-corrected chi connectivity index (χ4v) is 3.70. The van der Waals surface area contributed by atoms with Gasteiger partial charge in [-0.3, -0.25) is 0 Å². The van der Waals surface area contributed by atoms with Gasteiger partial charge in [0, 0.05) is 17.5 Å².